The largest absolute Gasteiger partial charge is 0.368 e. The van der Waals surface area contributed by atoms with Gasteiger partial charge in [0.2, 0.25) is 0 Å². The summed E-state index contributed by atoms with van der Waals surface area (Å²) in [7, 11) is 0. The van der Waals surface area contributed by atoms with Gasteiger partial charge in [-0.25, -0.2) is 4.39 Å². The fourth-order valence-corrected chi connectivity index (χ4v) is 2.75. The first kappa shape index (κ1) is 13.3. The first-order valence-electron chi connectivity index (χ1n) is 6.89. The maximum absolute atomic E-state index is 13.8. The Hall–Kier alpha value is -1.09. The predicted molar refractivity (Wildman–Crippen MR) is 74.5 cm³/mol. The van der Waals surface area contributed by atoms with Crippen molar-refractivity contribution in [3.8, 4) is 0 Å². The van der Waals surface area contributed by atoms with Gasteiger partial charge in [-0.1, -0.05) is 18.6 Å². The van der Waals surface area contributed by atoms with Crippen molar-refractivity contribution in [3.63, 3.8) is 0 Å². The first-order valence-corrected chi connectivity index (χ1v) is 6.89. The van der Waals surface area contributed by atoms with Crippen molar-refractivity contribution in [2.75, 3.05) is 24.5 Å². The van der Waals surface area contributed by atoms with E-state index in [1.165, 1.54) is 18.9 Å². The quantitative estimate of drug-likeness (QED) is 0.883. The van der Waals surface area contributed by atoms with Gasteiger partial charge < -0.3 is 10.2 Å². The molecule has 1 N–H and O–H groups in total. The number of nitrogens with zero attached hydrogens (tertiary/aromatic N) is 1. The summed E-state index contributed by atoms with van der Waals surface area (Å²) in [5.74, 6) is -0.126. The van der Waals surface area contributed by atoms with Crippen LogP contribution >= 0.6 is 0 Å². The number of piperidine rings is 1. The number of para-hydroxylation sites is 1. The minimum absolute atomic E-state index is 0.108. The zero-order chi connectivity index (χ0) is 13.0. The summed E-state index contributed by atoms with van der Waals surface area (Å²) >= 11 is 0. The molecule has 1 aliphatic rings. The molecule has 3 heteroatoms. The van der Waals surface area contributed by atoms with Crippen molar-refractivity contribution < 1.29 is 4.39 Å². The minimum Gasteiger partial charge on any atom is -0.368 e. The molecule has 1 aromatic carbocycles. The number of likely N-dealkylation sites (N-methyl/N-ethyl adjacent to an activating group) is 1. The Kier molecular flexibility index (Phi) is 4.23. The molecular formula is C15H23FN2. The molecule has 2 nitrogen and oxygen atoms in total. The van der Waals surface area contributed by atoms with E-state index in [4.69, 9.17) is 0 Å². The fraction of sp³-hybridized carbons (Fsp3) is 0.600. The van der Waals surface area contributed by atoms with Crippen LogP contribution in [0.4, 0.5) is 10.1 Å². The fourth-order valence-electron chi connectivity index (χ4n) is 2.75. The average molecular weight is 250 g/mol. The van der Waals surface area contributed by atoms with Crippen LogP contribution in [0.25, 0.3) is 0 Å². The second kappa shape index (κ2) is 5.70. The van der Waals surface area contributed by atoms with E-state index in [9.17, 15) is 4.39 Å². The van der Waals surface area contributed by atoms with E-state index in [0.29, 0.717) is 5.69 Å². The van der Waals surface area contributed by atoms with Crippen LogP contribution in [0.5, 0.6) is 0 Å². The summed E-state index contributed by atoms with van der Waals surface area (Å²) < 4.78 is 13.8. The monoisotopic (exact) mass is 250 g/mol. The molecule has 18 heavy (non-hydrogen) atoms. The molecule has 1 aromatic rings. The molecule has 0 aromatic heterocycles. The summed E-state index contributed by atoms with van der Waals surface area (Å²) in [6.07, 6.45) is 3.68. The van der Waals surface area contributed by atoms with Gasteiger partial charge in [-0.3, -0.25) is 0 Å². The molecular weight excluding hydrogens is 227 g/mol. The van der Waals surface area contributed by atoms with Crippen molar-refractivity contribution in [2.24, 2.45) is 0 Å². The highest BCUT2D eigenvalue weighted by atomic mass is 19.1. The van der Waals surface area contributed by atoms with E-state index in [1.807, 2.05) is 12.1 Å². The van der Waals surface area contributed by atoms with Crippen LogP contribution in [0.2, 0.25) is 0 Å². The van der Waals surface area contributed by atoms with Crippen LogP contribution < -0.4 is 10.2 Å². The second-order valence-electron chi connectivity index (χ2n) is 5.41. The van der Waals surface area contributed by atoms with E-state index in [-0.39, 0.29) is 11.4 Å². The highest BCUT2D eigenvalue weighted by molar-refractivity contribution is 5.48. The molecule has 0 bridgehead atoms. The van der Waals surface area contributed by atoms with Gasteiger partial charge in [0.05, 0.1) is 5.69 Å². The Morgan fingerprint density at radius 2 is 2.11 bits per heavy atom. The van der Waals surface area contributed by atoms with Crippen molar-refractivity contribution in [3.05, 3.63) is 30.1 Å². The maximum atomic E-state index is 13.8. The predicted octanol–water partition coefficient (Wildman–Crippen LogP) is 3.18. The Morgan fingerprint density at radius 1 is 1.33 bits per heavy atom. The molecule has 0 amide bonds. The molecule has 1 aliphatic heterocycles. The zero-order valence-electron chi connectivity index (χ0n) is 11.4. The van der Waals surface area contributed by atoms with Gasteiger partial charge >= 0.3 is 0 Å². The SMILES string of the molecule is CCN(CC1(C)CCCCN1)c1ccccc1F. The molecule has 0 radical (unpaired) electrons. The van der Waals surface area contributed by atoms with Crippen LogP contribution in [-0.4, -0.2) is 25.2 Å². The van der Waals surface area contributed by atoms with Gasteiger partial charge in [-0.15, -0.1) is 0 Å². The topological polar surface area (TPSA) is 15.3 Å². The number of hydrogen-bond donors (Lipinski definition) is 1. The summed E-state index contributed by atoms with van der Waals surface area (Å²) in [6, 6.07) is 7.05. The van der Waals surface area contributed by atoms with Gasteiger partial charge in [0.15, 0.2) is 0 Å². The molecule has 1 saturated heterocycles. The van der Waals surface area contributed by atoms with Crippen LogP contribution in [0.3, 0.4) is 0 Å². The third kappa shape index (κ3) is 3.02. The lowest BCUT2D eigenvalue weighted by Crippen LogP contribution is -2.54. The van der Waals surface area contributed by atoms with E-state index in [2.05, 4.69) is 24.1 Å². The number of halogens is 1. The van der Waals surface area contributed by atoms with Crippen molar-refractivity contribution >= 4 is 5.69 Å². The van der Waals surface area contributed by atoms with Gasteiger partial charge in [0.25, 0.3) is 0 Å². The molecule has 2 rings (SSSR count). The van der Waals surface area contributed by atoms with Gasteiger partial charge in [-0.05, 0) is 45.4 Å². The van der Waals surface area contributed by atoms with Gasteiger partial charge in [0, 0.05) is 18.6 Å². The van der Waals surface area contributed by atoms with Crippen LogP contribution in [0, 0.1) is 5.82 Å². The van der Waals surface area contributed by atoms with Crippen LogP contribution in [-0.2, 0) is 0 Å². The van der Waals surface area contributed by atoms with Crippen LogP contribution in [0.15, 0.2) is 24.3 Å². The summed E-state index contributed by atoms with van der Waals surface area (Å²) in [4.78, 5) is 2.13. The number of anilines is 1. The Balaban J connectivity index is 2.12. The molecule has 0 saturated carbocycles. The normalized spacial score (nSPS) is 23.9. The Labute approximate surface area is 109 Å². The smallest absolute Gasteiger partial charge is 0.146 e. The molecule has 1 fully saturated rings. The number of rotatable bonds is 4. The molecule has 0 spiro atoms. The second-order valence-corrected chi connectivity index (χ2v) is 5.41. The summed E-state index contributed by atoms with van der Waals surface area (Å²) in [6.45, 7) is 7.10. The van der Waals surface area contributed by atoms with E-state index >= 15 is 0 Å². The van der Waals surface area contributed by atoms with E-state index in [1.54, 1.807) is 6.07 Å². The average Bonchev–Trinajstić information content (AvgIpc) is 2.38. The van der Waals surface area contributed by atoms with Crippen molar-refractivity contribution in [1.29, 1.82) is 0 Å². The van der Waals surface area contributed by atoms with Gasteiger partial charge in [0.1, 0.15) is 5.82 Å². The van der Waals surface area contributed by atoms with E-state index < -0.39 is 0 Å². The Bertz CT molecular complexity index is 386. The maximum Gasteiger partial charge on any atom is 0.146 e. The molecule has 1 unspecified atom stereocenters. The lowest BCUT2D eigenvalue weighted by molar-refractivity contribution is 0.280. The highest BCUT2D eigenvalue weighted by Crippen LogP contribution is 2.25. The third-order valence-corrected chi connectivity index (χ3v) is 3.82. The van der Waals surface area contributed by atoms with Crippen molar-refractivity contribution in [1.82, 2.24) is 5.32 Å². The first-order chi connectivity index (χ1) is 8.64. The molecule has 1 atom stereocenters. The third-order valence-electron chi connectivity index (χ3n) is 3.82. The van der Waals surface area contributed by atoms with E-state index in [0.717, 1.165) is 26.1 Å². The zero-order valence-corrected chi connectivity index (χ0v) is 11.4. The van der Waals surface area contributed by atoms with Crippen LogP contribution in [0.1, 0.15) is 33.1 Å². The molecule has 0 aliphatic carbocycles. The Morgan fingerprint density at radius 3 is 2.72 bits per heavy atom. The standard InChI is InChI=1S/C15H23FN2/c1-3-18(14-9-5-4-8-13(14)16)12-15(2)10-6-7-11-17-15/h4-5,8-9,17H,3,6-7,10-12H2,1-2H3. The number of benzene rings is 1. The molecule has 100 valence electrons. The number of hydrogen-bond acceptors (Lipinski definition) is 2. The number of nitrogens with one attached hydrogen (secondary N) is 1. The summed E-state index contributed by atoms with van der Waals surface area (Å²) in [5.41, 5.74) is 0.824. The highest BCUT2D eigenvalue weighted by Gasteiger charge is 2.28. The molecule has 1 heterocycles. The van der Waals surface area contributed by atoms with Crippen molar-refractivity contribution in [2.45, 2.75) is 38.6 Å². The van der Waals surface area contributed by atoms with Gasteiger partial charge in [-0.2, -0.15) is 0 Å². The lowest BCUT2D eigenvalue weighted by Gasteiger charge is -2.40. The minimum atomic E-state index is -0.126. The lowest BCUT2D eigenvalue weighted by atomic mass is 9.90. The summed E-state index contributed by atoms with van der Waals surface area (Å²) in [5, 5.41) is 3.59.